The molecule has 0 aliphatic rings. The van der Waals surface area contributed by atoms with Gasteiger partial charge in [-0.15, -0.1) is 0 Å². The lowest BCUT2D eigenvalue weighted by atomic mass is 10.3. The lowest BCUT2D eigenvalue weighted by Crippen LogP contribution is -2.15. The summed E-state index contributed by atoms with van der Waals surface area (Å²) in [6, 6.07) is 0. The summed E-state index contributed by atoms with van der Waals surface area (Å²) in [6.45, 7) is 4.12. The number of amides is 1. The molecule has 0 rings (SSSR count). The Morgan fingerprint density at radius 2 is 1.75 bits per heavy atom. The molecule has 0 heterocycles. The van der Waals surface area contributed by atoms with Crippen LogP contribution in [-0.4, -0.2) is 40.5 Å². The van der Waals surface area contributed by atoms with Crippen LogP contribution in [-0.2, 0) is 4.79 Å². The molecular formula is C7H15NO4. The standard InChI is InChI=1S/C4H7NO.C3H8O3/c1-3(2)4(5)6;4-1-3(6)2-5/h1H2,2H3,(H2,5,6);3-6H,1-2H2. The highest BCUT2D eigenvalue weighted by Crippen LogP contribution is 1.78. The molecule has 0 saturated heterocycles. The molecule has 0 fully saturated rings. The van der Waals surface area contributed by atoms with Gasteiger partial charge in [-0.2, -0.15) is 0 Å². The number of aliphatic hydroxyl groups is 3. The molecule has 0 bridgehead atoms. The van der Waals surface area contributed by atoms with E-state index in [9.17, 15) is 4.79 Å². The fraction of sp³-hybridized carbons (Fsp3) is 0.571. The van der Waals surface area contributed by atoms with Crippen LogP contribution >= 0.6 is 0 Å². The van der Waals surface area contributed by atoms with Crippen LogP contribution in [0.1, 0.15) is 6.92 Å². The maximum Gasteiger partial charge on any atom is 0.243 e. The molecule has 0 aromatic carbocycles. The maximum absolute atomic E-state index is 9.82. The highest BCUT2D eigenvalue weighted by Gasteiger charge is 1.93. The van der Waals surface area contributed by atoms with Crippen molar-refractivity contribution in [2.45, 2.75) is 13.0 Å². The summed E-state index contributed by atoms with van der Waals surface area (Å²) in [5, 5.41) is 24.0. The van der Waals surface area contributed by atoms with Gasteiger partial charge in [0.15, 0.2) is 0 Å². The first-order chi connectivity index (χ1) is 5.45. The third kappa shape index (κ3) is 11.8. The lowest BCUT2D eigenvalue weighted by Gasteiger charge is -1.96. The molecular weight excluding hydrogens is 162 g/mol. The van der Waals surface area contributed by atoms with Gasteiger partial charge in [0.2, 0.25) is 5.91 Å². The highest BCUT2D eigenvalue weighted by atomic mass is 16.3. The molecule has 5 N–H and O–H groups in total. The van der Waals surface area contributed by atoms with Crippen LogP contribution in [0, 0.1) is 0 Å². The van der Waals surface area contributed by atoms with E-state index in [1.807, 2.05) is 0 Å². The van der Waals surface area contributed by atoms with Gasteiger partial charge in [0.25, 0.3) is 0 Å². The van der Waals surface area contributed by atoms with Crippen LogP contribution < -0.4 is 5.73 Å². The Morgan fingerprint density at radius 3 is 1.75 bits per heavy atom. The molecule has 12 heavy (non-hydrogen) atoms. The molecule has 0 aromatic rings. The molecule has 0 saturated carbocycles. The molecule has 5 heteroatoms. The van der Waals surface area contributed by atoms with Crippen molar-refractivity contribution in [3.8, 4) is 0 Å². The van der Waals surface area contributed by atoms with E-state index in [1.54, 1.807) is 6.92 Å². The van der Waals surface area contributed by atoms with Gasteiger partial charge in [-0.05, 0) is 6.92 Å². The van der Waals surface area contributed by atoms with E-state index < -0.39 is 12.0 Å². The molecule has 0 aromatic heterocycles. The molecule has 0 radical (unpaired) electrons. The Bertz CT molecular complexity index is 130. The third-order valence-corrected chi connectivity index (χ3v) is 0.842. The number of hydrogen-bond donors (Lipinski definition) is 4. The molecule has 0 aliphatic carbocycles. The zero-order valence-electron chi connectivity index (χ0n) is 7.03. The first-order valence-electron chi connectivity index (χ1n) is 3.30. The van der Waals surface area contributed by atoms with Gasteiger partial charge in [-0.25, -0.2) is 0 Å². The van der Waals surface area contributed by atoms with Gasteiger partial charge in [0, 0.05) is 5.57 Å². The fourth-order valence-electron chi connectivity index (χ4n) is 0.0577. The highest BCUT2D eigenvalue weighted by molar-refractivity contribution is 5.90. The zero-order valence-corrected chi connectivity index (χ0v) is 7.03. The second kappa shape index (κ2) is 8.19. The predicted octanol–water partition coefficient (Wildman–Crippen LogP) is -1.62. The molecule has 0 atom stereocenters. The van der Waals surface area contributed by atoms with Crippen LogP contribution in [0.2, 0.25) is 0 Å². The second-order valence-corrected chi connectivity index (χ2v) is 2.16. The number of rotatable bonds is 3. The smallest absolute Gasteiger partial charge is 0.243 e. The normalized spacial score (nSPS) is 8.75. The monoisotopic (exact) mass is 177 g/mol. The van der Waals surface area contributed by atoms with E-state index in [0.29, 0.717) is 5.57 Å². The third-order valence-electron chi connectivity index (χ3n) is 0.842. The number of carbonyl (C=O) groups is 1. The minimum absolute atomic E-state index is 0.365. The Kier molecular flexibility index (Phi) is 9.32. The zero-order chi connectivity index (χ0) is 10.1. The van der Waals surface area contributed by atoms with E-state index >= 15 is 0 Å². The quantitative estimate of drug-likeness (QED) is 0.389. The summed E-state index contributed by atoms with van der Waals surface area (Å²) >= 11 is 0. The average Bonchev–Trinajstić information content (AvgIpc) is 2.04. The summed E-state index contributed by atoms with van der Waals surface area (Å²) in [4.78, 5) is 9.82. The van der Waals surface area contributed by atoms with E-state index in [2.05, 4.69) is 6.58 Å². The molecule has 0 aliphatic heterocycles. The van der Waals surface area contributed by atoms with Crippen molar-refractivity contribution < 1.29 is 20.1 Å². The summed E-state index contributed by atoms with van der Waals surface area (Å²) < 4.78 is 0. The summed E-state index contributed by atoms with van der Waals surface area (Å²) in [5.41, 5.74) is 5.09. The Balaban J connectivity index is 0. The first-order valence-corrected chi connectivity index (χ1v) is 3.30. The number of aliphatic hydroxyl groups excluding tert-OH is 3. The molecule has 0 spiro atoms. The average molecular weight is 177 g/mol. The van der Waals surface area contributed by atoms with Crippen molar-refractivity contribution in [3.05, 3.63) is 12.2 Å². The number of hydrogen-bond acceptors (Lipinski definition) is 4. The van der Waals surface area contributed by atoms with Crippen molar-refractivity contribution in [2.75, 3.05) is 13.2 Å². The van der Waals surface area contributed by atoms with Gasteiger partial charge in [-0.1, -0.05) is 6.58 Å². The van der Waals surface area contributed by atoms with Crippen molar-refractivity contribution in [3.63, 3.8) is 0 Å². The van der Waals surface area contributed by atoms with Crippen LogP contribution in [0.5, 0.6) is 0 Å². The molecule has 5 nitrogen and oxygen atoms in total. The molecule has 1 amide bonds. The fourth-order valence-corrected chi connectivity index (χ4v) is 0.0577. The maximum atomic E-state index is 9.82. The SMILES string of the molecule is C=C(C)C(N)=O.OCC(O)CO. The summed E-state index contributed by atoms with van der Waals surface area (Å²) in [5.74, 6) is -0.435. The largest absolute Gasteiger partial charge is 0.394 e. The minimum Gasteiger partial charge on any atom is -0.394 e. The first kappa shape index (κ1) is 13.7. The Hall–Kier alpha value is -0.910. The van der Waals surface area contributed by atoms with Gasteiger partial charge in [0.1, 0.15) is 6.10 Å². The number of primary amides is 1. The van der Waals surface area contributed by atoms with Crippen molar-refractivity contribution in [1.82, 2.24) is 0 Å². The van der Waals surface area contributed by atoms with Crippen LogP contribution in [0.15, 0.2) is 12.2 Å². The second-order valence-electron chi connectivity index (χ2n) is 2.16. The lowest BCUT2D eigenvalue weighted by molar-refractivity contribution is -0.114. The summed E-state index contributed by atoms with van der Waals surface area (Å²) in [7, 11) is 0. The van der Waals surface area contributed by atoms with Crippen molar-refractivity contribution in [1.29, 1.82) is 0 Å². The van der Waals surface area contributed by atoms with Crippen molar-refractivity contribution in [2.24, 2.45) is 5.73 Å². The van der Waals surface area contributed by atoms with Gasteiger partial charge in [-0.3, -0.25) is 4.79 Å². The van der Waals surface area contributed by atoms with Gasteiger partial charge in [0.05, 0.1) is 13.2 Å². The van der Waals surface area contributed by atoms with Gasteiger partial charge < -0.3 is 21.1 Å². The summed E-state index contributed by atoms with van der Waals surface area (Å²) in [6.07, 6.45) is -0.954. The van der Waals surface area contributed by atoms with E-state index in [-0.39, 0.29) is 13.2 Å². The number of nitrogens with two attached hydrogens (primary N) is 1. The van der Waals surface area contributed by atoms with E-state index in [1.165, 1.54) is 0 Å². The van der Waals surface area contributed by atoms with Crippen molar-refractivity contribution >= 4 is 5.91 Å². The molecule has 72 valence electrons. The van der Waals surface area contributed by atoms with Crippen LogP contribution in [0.4, 0.5) is 0 Å². The predicted molar refractivity (Wildman–Crippen MR) is 44.2 cm³/mol. The molecule has 0 unspecified atom stereocenters. The minimum atomic E-state index is -0.954. The Labute approximate surface area is 71.1 Å². The van der Waals surface area contributed by atoms with Crippen LogP contribution in [0.25, 0.3) is 0 Å². The van der Waals surface area contributed by atoms with Gasteiger partial charge >= 0.3 is 0 Å². The van der Waals surface area contributed by atoms with Crippen LogP contribution in [0.3, 0.4) is 0 Å². The number of carbonyl (C=O) groups excluding carboxylic acids is 1. The van der Waals surface area contributed by atoms with E-state index in [4.69, 9.17) is 21.1 Å². The Morgan fingerprint density at radius 1 is 1.50 bits per heavy atom. The van der Waals surface area contributed by atoms with E-state index in [0.717, 1.165) is 0 Å². The topological polar surface area (TPSA) is 104 Å².